The van der Waals surface area contributed by atoms with Gasteiger partial charge in [-0.2, -0.15) is 0 Å². The van der Waals surface area contributed by atoms with E-state index in [2.05, 4.69) is 35.3 Å². The molecular formula is C20H28N2O2. The summed E-state index contributed by atoms with van der Waals surface area (Å²) in [5, 5.41) is 15.0. The first-order valence-corrected chi connectivity index (χ1v) is 8.01. The third-order valence-electron chi connectivity index (χ3n) is 3.04. The van der Waals surface area contributed by atoms with Crippen LogP contribution >= 0.6 is 0 Å². The quantitative estimate of drug-likeness (QED) is 0.455. The average molecular weight is 328 g/mol. The molecule has 0 fully saturated rings. The summed E-state index contributed by atoms with van der Waals surface area (Å²) in [6, 6.07) is 6.75. The maximum atomic E-state index is 10.3. The topological polar surface area (TPSA) is 61.4 Å². The van der Waals surface area contributed by atoms with Crippen molar-refractivity contribution < 1.29 is 9.90 Å². The van der Waals surface area contributed by atoms with E-state index in [1.54, 1.807) is 24.3 Å². The minimum absolute atomic E-state index is 0.339. The summed E-state index contributed by atoms with van der Waals surface area (Å²) < 4.78 is 0. The van der Waals surface area contributed by atoms with Crippen LogP contribution in [0.5, 0.6) is 0 Å². The van der Waals surface area contributed by atoms with Crippen molar-refractivity contribution in [3.8, 4) is 0 Å². The maximum absolute atomic E-state index is 10.3. The predicted molar refractivity (Wildman–Crippen MR) is 101 cm³/mol. The Bertz CT molecular complexity index is 528. The second-order valence-electron chi connectivity index (χ2n) is 5.10. The van der Waals surface area contributed by atoms with Crippen LogP contribution in [0.1, 0.15) is 28.8 Å². The highest BCUT2D eigenvalue weighted by molar-refractivity contribution is 5.87. The van der Waals surface area contributed by atoms with E-state index in [-0.39, 0.29) is 0 Å². The van der Waals surface area contributed by atoms with Crippen LogP contribution in [0.2, 0.25) is 0 Å². The number of aryl methyl sites for hydroxylation is 1. The second kappa shape index (κ2) is 15.5. The highest BCUT2D eigenvalue weighted by Crippen LogP contribution is 2.01. The Labute approximate surface area is 145 Å². The summed E-state index contributed by atoms with van der Waals surface area (Å²) in [6.07, 6.45) is 6.17. The van der Waals surface area contributed by atoms with E-state index < -0.39 is 5.97 Å². The Kier molecular flexibility index (Phi) is 14.0. The third-order valence-corrected chi connectivity index (χ3v) is 3.04. The van der Waals surface area contributed by atoms with Gasteiger partial charge < -0.3 is 15.7 Å². The van der Waals surface area contributed by atoms with Crippen molar-refractivity contribution in [3.05, 3.63) is 72.2 Å². The van der Waals surface area contributed by atoms with E-state index in [4.69, 9.17) is 5.11 Å². The van der Waals surface area contributed by atoms with Crippen LogP contribution in [0.3, 0.4) is 0 Å². The lowest BCUT2D eigenvalue weighted by molar-refractivity contribution is 0.0697. The molecule has 0 saturated heterocycles. The van der Waals surface area contributed by atoms with Crippen LogP contribution in [-0.2, 0) is 0 Å². The summed E-state index contributed by atoms with van der Waals surface area (Å²) in [6.45, 7) is 12.8. The van der Waals surface area contributed by atoms with Crippen LogP contribution in [0.4, 0.5) is 0 Å². The van der Waals surface area contributed by atoms with Crippen molar-refractivity contribution in [2.24, 2.45) is 0 Å². The summed E-state index contributed by atoms with van der Waals surface area (Å²) in [7, 11) is 0. The molecule has 0 spiro atoms. The molecule has 4 heteroatoms. The summed E-state index contributed by atoms with van der Waals surface area (Å²) >= 11 is 0. The number of carbonyl (C=O) groups is 1. The maximum Gasteiger partial charge on any atom is 0.335 e. The molecular weight excluding hydrogens is 300 g/mol. The van der Waals surface area contributed by atoms with Crippen molar-refractivity contribution in [3.63, 3.8) is 0 Å². The van der Waals surface area contributed by atoms with Gasteiger partial charge in [-0.1, -0.05) is 30.9 Å². The lowest BCUT2D eigenvalue weighted by atomic mass is 10.2. The SMILES string of the molecule is C=C=CCNCCCCNCC=C=C.Cc1ccc(C(=O)O)cc1. The van der Waals surface area contributed by atoms with Crippen molar-refractivity contribution in [2.75, 3.05) is 26.2 Å². The fourth-order valence-electron chi connectivity index (χ4n) is 1.69. The van der Waals surface area contributed by atoms with Crippen molar-refractivity contribution >= 4 is 5.97 Å². The molecule has 0 radical (unpaired) electrons. The smallest absolute Gasteiger partial charge is 0.335 e. The molecule has 3 N–H and O–H groups in total. The minimum Gasteiger partial charge on any atom is -0.478 e. The number of carboxylic acids is 1. The average Bonchev–Trinajstić information content (AvgIpc) is 2.57. The number of unbranched alkanes of at least 4 members (excludes halogenated alkanes) is 1. The number of benzene rings is 1. The first-order chi connectivity index (χ1) is 11.6. The van der Waals surface area contributed by atoms with Gasteiger partial charge in [-0.25, -0.2) is 4.79 Å². The van der Waals surface area contributed by atoms with Gasteiger partial charge in [-0.05, 0) is 57.1 Å². The number of carboxylic acid groups (broad SMARTS) is 1. The molecule has 1 aromatic rings. The molecule has 0 saturated carbocycles. The lowest BCUT2D eigenvalue weighted by Gasteiger charge is -2.02. The van der Waals surface area contributed by atoms with Crippen molar-refractivity contribution in [2.45, 2.75) is 19.8 Å². The molecule has 0 aliphatic heterocycles. The highest BCUT2D eigenvalue weighted by Gasteiger charge is 1.98. The van der Waals surface area contributed by atoms with Crippen LogP contribution < -0.4 is 10.6 Å². The van der Waals surface area contributed by atoms with E-state index in [1.807, 2.05) is 19.1 Å². The zero-order valence-electron chi connectivity index (χ0n) is 14.5. The number of rotatable bonds is 10. The van der Waals surface area contributed by atoms with Gasteiger partial charge in [0.25, 0.3) is 0 Å². The first-order valence-electron chi connectivity index (χ1n) is 8.01. The summed E-state index contributed by atoms with van der Waals surface area (Å²) in [4.78, 5) is 10.3. The Morgan fingerprint density at radius 1 is 1.04 bits per heavy atom. The van der Waals surface area contributed by atoms with E-state index >= 15 is 0 Å². The normalized spacial score (nSPS) is 9.04. The largest absolute Gasteiger partial charge is 0.478 e. The minimum atomic E-state index is -0.875. The van der Waals surface area contributed by atoms with Gasteiger partial charge in [0.05, 0.1) is 5.56 Å². The van der Waals surface area contributed by atoms with Gasteiger partial charge in [-0.3, -0.25) is 0 Å². The van der Waals surface area contributed by atoms with Crippen molar-refractivity contribution in [1.29, 1.82) is 0 Å². The molecule has 0 aromatic heterocycles. The van der Waals surface area contributed by atoms with Crippen LogP contribution in [0, 0.1) is 6.92 Å². The van der Waals surface area contributed by atoms with Gasteiger partial charge in [0.2, 0.25) is 0 Å². The predicted octanol–water partition coefficient (Wildman–Crippen LogP) is 3.32. The molecule has 0 aliphatic rings. The van der Waals surface area contributed by atoms with Crippen LogP contribution in [-0.4, -0.2) is 37.3 Å². The molecule has 1 rings (SSSR count). The summed E-state index contributed by atoms with van der Waals surface area (Å²) in [5.41, 5.74) is 6.86. The Morgan fingerprint density at radius 2 is 1.50 bits per heavy atom. The monoisotopic (exact) mass is 328 g/mol. The molecule has 0 unspecified atom stereocenters. The van der Waals surface area contributed by atoms with Gasteiger partial charge in [0.1, 0.15) is 0 Å². The molecule has 0 atom stereocenters. The standard InChI is InChI=1S/C12H20N2.C8H8O2/c1-3-5-9-13-11-7-8-12-14-10-6-4-2;1-6-2-4-7(5-3-6)8(9)10/h5-6,13-14H,1-2,7-12H2;2-5H,1H3,(H,9,10). The molecule has 0 amide bonds. The summed E-state index contributed by atoms with van der Waals surface area (Å²) in [5.74, 6) is -0.875. The number of aromatic carboxylic acids is 1. The Balaban J connectivity index is 0.000000463. The molecule has 0 heterocycles. The van der Waals surface area contributed by atoms with Crippen molar-refractivity contribution in [1.82, 2.24) is 10.6 Å². The molecule has 0 bridgehead atoms. The van der Waals surface area contributed by atoms with Crippen LogP contribution in [0.25, 0.3) is 0 Å². The Hall–Kier alpha value is -2.35. The number of nitrogens with one attached hydrogen (secondary N) is 2. The highest BCUT2D eigenvalue weighted by atomic mass is 16.4. The molecule has 0 aliphatic carbocycles. The molecule has 1 aromatic carbocycles. The van der Waals surface area contributed by atoms with E-state index in [0.717, 1.165) is 31.7 Å². The van der Waals surface area contributed by atoms with E-state index in [0.29, 0.717) is 5.56 Å². The third kappa shape index (κ3) is 13.3. The number of hydrogen-bond acceptors (Lipinski definition) is 3. The van der Waals surface area contributed by atoms with Gasteiger partial charge in [-0.15, -0.1) is 11.5 Å². The van der Waals surface area contributed by atoms with Crippen LogP contribution in [0.15, 0.2) is 61.0 Å². The lowest BCUT2D eigenvalue weighted by Crippen LogP contribution is -2.18. The van der Waals surface area contributed by atoms with E-state index in [9.17, 15) is 4.79 Å². The molecule has 130 valence electrons. The second-order valence-corrected chi connectivity index (χ2v) is 5.10. The fourth-order valence-corrected chi connectivity index (χ4v) is 1.69. The van der Waals surface area contributed by atoms with Gasteiger partial charge in [0, 0.05) is 13.1 Å². The van der Waals surface area contributed by atoms with Gasteiger partial charge in [0.15, 0.2) is 0 Å². The zero-order chi connectivity index (χ0) is 18.0. The van der Waals surface area contributed by atoms with E-state index in [1.165, 1.54) is 12.8 Å². The molecule has 4 nitrogen and oxygen atoms in total. The molecule has 24 heavy (non-hydrogen) atoms. The fraction of sp³-hybridized carbons (Fsp3) is 0.350. The van der Waals surface area contributed by atoms with Gasteiger partial charge >= 0.3 is 5.97 Å². The Morgan fingerprint density at radius 3 is 1.88 bits per heavy atom. The zero-order valence-corrected chi connectivity index (χ0v) is 14.5. The number of hydrogen-bond donors (Lipinski definition) is 3. The first kappa shape index (κ1) is 21.7.